The lowest BCUT2D eigenvalue weighted by molar-refractivity contribution is 1.17. The molecule has 20 heavy (non-hydrogen) atoms. The van der Waals surface area contributed by atoms with Crippen LogP contribution in [0.3, 0.4) is 0 Å². The van der Waals surface area contributed by atoms with Crippen molar-refractivity contribution < 1.29 is 0 Å². The molecule has 96 valence electrons. The molecular formula is C17H12N2S. The van der Waals surface area contributed by atoms with E-state index in [2.05, 4.69) is 52.4 Å². The molecular weight excluding hydrogens is 264 g/mol. The fourth-order valence-corrected chi connectivity index (χ4v) is 3.14. The number of hydrogen-bond donors (Lipinski definition) is 0. The summed E-state index contributed by atoms with van der Waals surface area (Å²) in [5.74, 6) is 1.01. The highest BCUT2D eigenvalue weighted by Gasteiger charge is 2.13. The number of rotatable bonds is 2. The Hall–Kier alpha value is -2.39. The third-order valence-corrected chi connectivity index (χ3v) is 4.20. The lowest BCUT2D eigenvalue weighted by atomic mass is 10.1. The minimum atomic E-state index is 1.01. The van der Waals surface area contributed by atoms with Gasteiger partial charge in [0.25, 0.3) is 0 Å². The zero-order valence-electron chi connectivity index (χ0n) is 10.7. The first-order chi connectivity index (χ1) is 9.93. The molecule has 0 saturated carbocycles. The Morgan fingerprint density at radius 3 is 2.50 bits per heavy atom. The van der Waals surface area contributed by atoms with Gasteiger partial charge in [-0.1, -0.05) is 42.5 Å². The van der Waals surface area contributed by atoms with E-state index in [9.17, 15) is 0 Å². The summed E-state index contributed by atoms with van der Waals surface area (Å²) in [5, 5.41) is 2.08. The van der Waals surface area contributed by atoms with Crippen LogP contribution in [0.25, 0.3) is 27.5 Å². The van der Waals surface area contributed by atoms with Crippen molar-refractivity contribution in [2.24, 2.45) is 0 Å². The Morgan fingerprint density at radius 1 is 0.850 bits per heavy atom. The van der Waals surface area contributed by atoms with Gasteiger partial charge in [-0.25, -0.2) is 4.98 Å². The predicted molar refractivity (Wildman–Crippen MR) is 83.9 cm³/mol. The van der Waals surface area contributed by atoms with E-state index in [-0.39, 0.29) is 0 Å². The predicted octanol–water partition coefficient (Wildman–Crippen LogP) is 4.73. The van der Waals surface area contributed by atoms with Gasteiger partial charge in [-0.05, 0) is 23.6 Å². The van der Waals surface area contributed by atoms with Gasteiger partial charge >= 0.3 is 0 Å². The highest BCUT2D eigenvalue weighted by atomic mass is 32.1. The summed E-state index contributed by atoms with van der Waals surface area (Å²) in [7, 11) is 0. The summed E-state index contributed by atoms with van der Waals surface area (Å²) >= 11 is 1.72. The molecule has 4 aromatic rings. The number of thiophene rings is 1. The summed E-state index contributed by atoms with van der Waals surface area (Å²) < 4.78 is 2.16. The number of imidazole rings is 1. The topological polar surface area (TPSA) is 17.3 Å². The van der Waals surface area contributed by atoms with Crippen molar-refractivity contribution in [1.82, 2.24) is 9.38 Å². The summed E-state index contributed by atoms with van der Waals surface area (Å²) in [6.07, 6.45) is 2.07. The number of aromatic nitrogens is 2. The number of fused-ring (bicyclic) bond motifs is 1. The van der Waals surface area contributed by atoms with Gasteiger partial charge in [-0.3, -0.25) is 4.40 Å². The monoisotopic (exact) mass is 276 g/mol. The second-order valence-electron chi connectivity index (χ2n) is 4.58. The van der Waals surface area contributed by atoms with E-state index in [4.69, 9.17) is 4.98 Å². The minimum absolute atomic E-state index is 1.01. The smallest absolute Gasteiger partial charge is 0.155 e. The molecule has 0 aliphatic rings. The van der Waals surface area contributed by atoms with Gasteiger partial charge in [0.1, 0.15) is 0 Å². The van der Waals surface area contributed by atoms with Gasteiger partial charge in [0, 0.05) is 11.8 Å². The lowest BCUT2D eigenvalue weighted by Gasteiger charge is -1.98. The van der Waals surface area contributed by atoms with Gasteiger partial charge in [0.15, 0.2) is 5.82 Å². The van der Waals surface area contributed by atoms with E-state index in [0.717, 1.165) is 22.6 Å². The maximum Gasteiger partial charge on any atom is 0.155 e. The molecule has 0 aliphatic heterocycles. The van der Waals surface area contributed by atoms with Crippen LogP contribution in [0.15, 0.2) is 72.2 Å². The van der Waals surface area contributed by atoms with Gasteiger partial charge in [-0.2, -0.15) is 0 Å². The summed E-state index contributed by atoms with van der Waals surface area (Å²) in [6, 6.07) is 20.7. The van der Waals surface area contributed by atoms with Crippen LogP contribution in [0.2, 0.25) is 0 Å². The number of pyridine rings is 1. The van der Waals surface area contributed by atoms with E-state index in [1.807, 2.05) is 24.3 Å². The minimum Gasteiger partial charge on any atom is -0.298 e. The molecule has 3 heteroatoms. The Kier molecular flexibility index (Phi) is 2.64. The summed E-state index contributed by atoms with van der Waals surface area (Å²) in [6.45, 7) is 0. The van der Waals surface area contributed by atoms with Crippen LogP contribution >= 0.6 is 11.3 Å². The molecule has 0 saturated heterocycles. The van der Waals surface area contributed by atoms with Crippen LogP contribution in [0.4, 0.5) is 0 Å². The van der Waals surface area contributed by atoms with Crippen molar-refractivity contribution in [2.75, 3.05) is 0 Å². The highest BCUT2D eigenvalue weighted by molar-refractivity contribution is 7.13. The van der Waals surface area contributed by atoms with E-state index in [1.54, 1.807) is 11.3 Å². The van der Waals surface area contributed by atoms with E-state index < -0.39 is 0 Å². The number of nitrogens with zero attached hydrogens (tertiary/aromatic N) is 2. The molecule has 0 atom stereocenters. The standard InChI is InChI=1S/C17H12N2S/c1-2-7-13(8-3-1)16-14-9-4-5-11-19(14)17(18-16)15-10-6-12-20-15/h1-12H. The molecule has 0 fully saturated rings. The van der Waals surface area contributed by atoms with Gasteiger partial charge in [-0.15, -0.1) is 11.3 Å². The number of hydrogen-bond acceptors (Lipinski definition) is 2. The molecule has 1 aromatic carbocycles. The molecule has 0 bridgehead atoms. The first kappa shape index (κ1) is 11.4. The van der Waals surface area contributed by atoms with Gasteiger partial charge < -0.3 is 0 Å². The van der Waals surface area contributed by atoms with Crippen LogP contribution in [0.1, 0.15) is 0 Å². The third-order valence-electron chi connectivity index (χ3n) is 3.34. The Labute approximate surface area is 121 Å². The SMILES string of the molecule is c1ccc(-c2nc(-c3cccs3)n3ccccc23)cc1. The first-order valence-electron chi connectivity index (χ1n) is 6.50. The molecule has 0 radical (unpaired) electrons. The lowest BCUT2D eigenvalue weighted by Crippen LogP contribution is -1.85. The summed E-state index contributed by atoms with van der Waals surface area (Å²) in [5.41, 5.74) is 3.33. The second kappa shape index (κ2) is 4.62. The van der Waals surface area contributed by atoms with Crippen molar-refractivity contribution in [3.8, 4) is 22.0 Å². The van der Waals surface area contributed by atoms with Crippen molar-refractivity contribution in [1.29, 1.82) is 0 Å². The van der Waals surface area contributed by atoms with E-state index in [1.165, 1.54) is 4.88 Å². The summed E-state index contributed by atoms with van der Waals surface area (Å²) in [4.78, 5) is 6.06. The van der Waals surface area contributed by atoms with E-state index >= 15 is 0 Å². The molecule has 3 heterocycles. The van der Waals surface area contributed by atoms with Crippen molar-refractivity contribution in [3.63, 3.8) is 0 Å². The fourth-order valence-electron chi connectivity index (χ4n) is 2.43. The zero-order chi connectivity index (χ0) is 13.4. The van der Waals surface area contributed by atoms with Crippen LogP contribution in [0, 0.1) is 0 Å². The molecule has 3 aromatic heterocycles. The quantitative estimate of drug-likeness (QED) is 0.517. The molecule has 4 rings (SSSR count). The molecule has 0 N–H and O–H groups in total. The molecule has 2 nitrogen and oxygen atoms in total. The highest BCUT2D eigenvalue weighted by Crippen LogP contribution is 2.31. The number of benzene rings is 1. The van der Waals surface area contributed by atoms with Crippen LogP contribution in [-0.2, 0) is 0 Å². The maximum atomic E-state index is 4.88. The first-order valence-corrected chi connectivity index (χ1v) is 7.38. The van der Waals surface area contributed by atoms with Crippen LogP contribution < -0.4 is 0 Å². The van der Waals surface area contributed by atoms with Crippen LogP contribution in [-0.4, -0.2) is 9.38 Å². The van der Waals surface area contributed by atoms with E-state index in [0.29, 0.717) is 0 Å². The molecule has 0 unspecified atom stereocenters. The average Bonchev–Trinajstić information content (AvgIpc) is 3.15. The fraction of sp³-hybridized carbons (Fsp3) is 0. The largest absolute Gasteiger partial charge is 0.298 e. The Bertz CT molecular complexity index is 845. The van der Waals surface area contributed by atoms with Gasteiger partial charge in [0.2, 0.25) is 0 Å². The van der Waals surface area contributed by atoms with Crippen molar-refractivity contribution in [2.45, 2.75) is 0 Å². The second-order valence-corrected chi connectivity index (χ2v) is 5.53. The van der Waals surface area contributed by atoms with Gasteiger partial charge in [0.05, 0.1) is 16.1 Å². The third kappa shape index (κ3) is 1.75. The molecule has 0 spiro atoms. The zero-order valence-corrected chi connectivity index (χ0v) is 11.5. The average molecular weight is 276 g/mol. The maximum absolute atomic E-state index is 4.88. The van der Waals surface area contributed by atoms with Crippen LogP contribution in [0.5, 0.6) is 0 Å². The van der Waals surface area contributed by atoms with Crippen molar-refractivity contribution in [3.05, 3.63) is 72.2 Å². The molecule has 0 amide bonds. The van der Waals surface area contributed by atoms with Crippen molar-refractivity contribution >= 4 is 16.9 Å². The molecule has 0 aliphatic carbocycles. The normalized spacial score (nSPS) is 11.0. The Morgan fingerprint density at radius 2 is 1.70 bits per heavy atom. The Balaban J connectivity index is 2.04.